The normalized spacial score (nSPS) is 11.9. The maximum Gasteiger partial charge on any atom is 0.287 e. The maximum absolute atomic E-state index is 12.4. The highest BCUT2D eigenvalue weighted by molar-refractivity contribution is 5.91. The summed E-state index contributed by atoms with van der Waals surface area (Å²) in [7, 11) is 0. The Labute approximate surface area is 152 Å². The zero-order chi connectivity index (χ0) is 18.4. The first-order valence-electron chi connectivity index (χ1n) is 8.74. The van der Waals surface area contributed by atoms with Crippen LogP contribution in [-0.2, 0) is 6.54 Å². The van der Waals surface area contributed by atoms with E-state index in [1.165, 1.54) is 16.2 Å². The lowest BCUT2D eigenvalue weighted by atomic mass is 9.96. The van der Waals surface area contributed by atoms with E-state index in [-0.39, 0.29) is 23.1 Å². The molecule has 26 heavy (non-hydrogen) atoms. The Morgan fingerprint density at radius 2 is 1.85 bits per heavy atom. The van der Waals surface area contributed by atoms with Crippen LogP contribution >= 0.6 is 0 Å². The van der Waals surface area contributed by atoms with Crippen molar-refractivity contribution in [2.45, 2.75) is 25.8 Å². The Bertz CT molecular complexity index is 912. The van der Waals surface area contributed by atoms with Gasteiger partial charge >= 0.3 is 0 Å². The molecule has 1 amide bonds. The number of aromatic nitrogens is 1. The van der Waals surface area contributed by atoms with E-state index in [2.05, 4.69) is 24.4 Å². The van der Waals surface area contributed by atoms with Gasteiger partial charge in [0, 0.05) is 24.7 Å². The predicted molar refractivity (Wildman–Crippen MR) is 100 cm³/mol. The fourth-order valence-corrected chi connectivity index (χ4v) is 2.87. The summed E-state index contributed by atoms with van der Waals surface area (Å²) >= 11 is 0. The van der Waals surface area contributed by atoms with Crippen LogP contribution in [0.25, 0.3) is 0 Å². The Morgan fingerprint density at radius 1 is 1.08 bits per heavy atom. The summed E-state index contributed by atoms with van der Waals surface area (Å²) < 4.78 is 7.14. The summed E-state index contributed by atoms with van der Waals surface area (Å²) in [6.45, 7) is 2.95. The Morgan fingerprint density at radius 3 is 2.58 bits per heavy atom. The van der Waals surface area contributed by atoms with Crippen molar-refractivity contribution in [3.05, 3.63) is 94.3 Å². The third-order valence-corrected chi connectivity index (χ3v) is 4.38. The van der Waals surface area contributed by atoms with Gasteiger partial charge in [-0.1, -0.05) is 43.3 Å². The molecule has 134 valence electrons. The van der Waals surface area contributed by atoms with Gasteiger partial charge in [0.15, 0.2) is 5.76 Å². The van der Waals surface area contributed by atoms with Crippen molar-refractivity contribution in [2.24, 2.45) is 0 Å². The standard InChI is InChI=1S/C21H22N2O3/c1-2-16(17-8-4-3-5-9-17)14-22-21(25)19-12-11-18(26-19)15-23-13-7-6-10-20(23)24/h3-13,16H,2,14-15H2,1H3,(H,22,25). The second kappa shape index (κ2) is 8.34. The van der Waals surface area contributed by atoms with Crippen molar-refractivity contribution in [1.82, 2.24) is 9.88 Å². The molecule has 0 aliphatic heterocycles. The summed E-state index contributed by atoms with van der Waals surface area (Å²) in [5.41, 5.74) is 1.10. The van der Waals surface area contributed by atoms with Crippen LogP contribution < -0.4 is 10.9 Å². The Balaban J connectivity index is 1.61. The van der Waals surface area contributed by atoms with E-state index in [9.17, 15) is 9.59 Å². The van der Waals surface area contributed by atoms with Crippen LogP contribution in [0.15, 0.2) is 76.1 Å². The monoisotopic (exact) mass is 350 g/mol. The summed E-state index contributed by atoms with van der Waals surface area (Å²) in [6.07, 6.45) is 2.63. The molecule has 0 radical (unpaired) electrons. The SMILES string of the molecule is CCC(CNC(=O)c1ccc(Cn2ccccc2=O)o1)c1ccccc1. The highest BCUT2D eigenvalue weighted by Crippen LogP contribution is 2.18. The average molecular weight is 350 g/mol. The van der Waals surface area contributed by atoms with Gasteiger partial charge in [0.2, 0.25) is 0 Å². The van der Waals surface area contributed by atoms with Gasteiger partial charge in [0.05, 0.1) is 6.54 Å². The molecule has 0 bridgehead atoms. The van der Waals surface area contributed by atoms with E-state index in [1.807, 2.05) is 18.2 Å². The third kappa shape index (κ3) is 4.30. The molecule has 3 aromatic rings. The van der Waals surface area contributed by atoms with Gasteiger partial charge in [-0.25, -0.2) is 0 Å². The lowest BCUT2D eigenvalue weighted by Crippen LogP contribution is -2.28. The average Bonchev–Trinajstić information content (AvgIpc) is 3.13. The first kappa shape index (κ1) is 17.7. The predicted octanol–water partition coefficient (Wildman–Crippen LogP) is 3.41. The quantitative estimate of drug-likeness (QED) is 0.710. The molecule has 1 aromatic carbocycles. The molecular formula is C21H22N2O3. The molecule has 3 rings (SSSR count). The number of carbonyl (C=O) groups is 1. The van der Waals surface area contributed by atoms with Crippen molar-refractivity contribution in [2.75, 3.05) is 6.54 Å². The largest absolute Gasteiger partial charge is 0.454 e. The molecule has 1 atom stereocenters. The lowest BCUT2D eigenvalue weighted by Gasteiger charge is -2.15. The molecule has 2 aromatic heterocycles. The minimum absolute atomic E-state index is 0.108. The van der Waals surface area contributed by atoms with Gasteiger partial charge in [0.25, 0.3) is 11.5 Å². The van der Waals surface area contributed by atoms with Crippen LogP contribution in [-0.4, -0.2) is 17.0 Å². The van der Waals surface area contributed by atoms with E-state index in [4.69, 9.17) is 4.42 Å². The summed E-state index contributed by atoms with van der Waals surface area (Å²) in [5.74, 6) is 0.842. The summed E-state index contributed by atoms with van der Waals surface area (Å²) in [5, 5.41) is 2.94. The second-order valence-electron chi connectivity index (χ2n) is 6.16. The highest BCUT2D eigenvalue weighted by Gasteiger charge is 2.15. The number of hydrogen-bond acceptors (Lipinski definition) is 3. The van der Waals surface area contributed by atoms with E-state index in [0.29, 0.717) is 18.8 Å². The highest BCUT2D eigenvalue weighted by atomic mass is 16.4. The van der Waals surface area contributed by atoms with Crippen LogP contribution in [0.5, 0.6) is 0 Å². The van der Waals surface area contributed by atoms with Gasteiger partial charge in [0.1, 0.15) is 5.76 Å². The molecule has 1 N–H and O–H groups in total. The minimum Gasteiger partial charge on any atom is -0.454 e. The first-order valence-corrected chi connectivity index (χ1v) is 8.74. The molecular weight excluding hydrogens is 328 g/mol. The summed E-state index contributed by atoms with van der Waals surface area (Å²) in [4.78, 5) is 24.1. The van der Waals surface area contributed by atoms with Crippen LogP contribution in [0.2, 0.25) is 0 Å². The maximum atomic E-state index is 12.4. The smallest absolute Gasteiger partial charge is 0.287 e. The zero-order valence-electron chi connectivity index (χ0n) is 14.7. The molecule has 0 aliphatic carbocycles. The number of nitrogens with zero attached hydrogens (tertiary/aromatic N) is 1. The fraction of sp³-hybridized carbons (Fsp3) is 0.238. The van der Waals surface area contributed by atoms with E-state index < -0.39 is 0 Å². The molecule has 5 nitrogen and oxygen atoms in total. The zero-order valence-corrected chi connectivity index (χ0v) is 14.7. The van der Waals surface area contributed by atoms with Gasteiger partial charge in [-0.3, -0.25) is 9.59 Å². The Hall–Kier alpha value is -3.08. The van der Waals surface area contributed by atoms with Gasteiger partial charge in [-0.15, -0.1) is 0 Å². The molecule has 0 spiro atoms. The molecule has 5 heteroatoms. The van der Waals surface area contributed by atoms with E-state index >= 15 is 0 Å². The summed E-state index contributed by atoms with van der Waals surface area (Å²) in [6, 6.07) is 18.5. The Kier molecular flexibility index (Phi) is 5.69. The van der Waals surface area contributed by atoms with Gasteiger partial charge in [-0.2, -0.15) is 0 Å². The number of nitrogens with one attached hydrogen (secondary N) is 1. The van der Waals surface area contributed by atoms with Crippen LogP contribution in [0.4, 0.5) is 0 Å². The van der Waals surface area contributed by atoms with Crippen molar-refractivity contribution in [3.63, 3.8) is 0 Å². The number of furan rings is 1. The minimum atomic E-state index is -0.244. The molecule has 2 heterocycles. The van der Waals surface area contributed by atoms with Crippen LogP contribution in [0, 0.1) is 0 Å². The van der Waals surface area contributed by atoms with Crippen molar-refractivity contribution in [3.8, 4) is 0 Å². The second-order valence-corrected chi connectivity index (χ2v) is 6.16. The number of benzene rings is 1. The number of rotatable bonds is 7. The van der Waals surface area contributed by atoms with E-state index in [0.717, 1.165) is 6.42 Å². The number of amides is 1. The molecule has 0 fully saturated rings. The molecule has 0 saturated carbocycles. The van der Waals surface area contributed by atoms with Crippen molar-refractivity contribution in [1.29, 1.82) is 0 Å². The van der Waals surface area contributed by atoms with E-state index in [1.54, 1.807) is 30.5 Å². The molecule has 0 saturated heterocycles. The van der Waals surface area contributed by atoms with Crippen molar-refractivity contribution >= 4 is 5.91 Å². The number of hydrogen-bond donors (Lipinski definition) is 1. The van der Waals surface area contributed by atoms with Gasteiger partial charge < -0.3 is 14.3 Å². The third-order valence-electron chi connectivity index (χ3n) is 4.38. The topological polar surface area (TPSA) is 64.2 Å². The number of carbonyl (C=O) groups excluding carboxylic acids is 1. The molecule has 1 unspecified atom stereocenters. The first-order chi connectivity index (χ1) is 12.7. The molecule has 0 aliphatic rings. The van der Waals surface area contributed by atoms with Crippen LogP contribution in [0.1, 0.15) is 41.1 Å². The fourth-order valence-electron chi connectivity index (χ4n) is 2.87. The van der Waals surface area contributed by atoms with Crippen molar-refractivity contribution < 1.29 is 9.21 Å². The van der Waals surface area contributed by atoms with Crippen LogP contribution in [0.3, 0.4) is 0 Å². The number of pyridine rings is 1. The van der Waals surface area contributed by atoms with Gasteiger partial charge in [-0.05, 0) is 30.2 Å². The lowest BCUT2D eigenvalue weighted by molar-refractivity contribution is 0.0921.